The van der Waals surface area contributed by atoms with Crippen molar-refractivity contribution >= 4 is 83.3 Å². The summed E-state index contributed by atoms with van der Waals surface area (Å²) in [5.74, 6) is 0. The van der Waals surface area contributed by atoms with Crippen molar-refractivity contribution in [1.29, 1.82) is 0 Å². The third-order valence-corrected chi connectivity index (χ3v) is 8.71. The molecule has 27 heavy (non-hydrogen) atoms. The van der Waals surface area contributed by atoms with Crippen LogP contribution in [0.3, 0.4) is 0 Å². The topological polar surface area (TPSA) is 3.24 Å². The first kappa shape index (κ1) is 16.0. The molecule has 0 unspecified atom stereocenters. The van der Waals surface area contributed by atoms with Gasteiger partial charge in [-0.05, 0) is 36.4 Å². The van der Waals surface area contributed by atoms with Gasteiger partial charge in [0, 0.05) is 30.9 Å². The van der Waals surface area contributed by atoms with Crippen molar-refractivity contribution < 1.29 is 0 Å². The molecule has 0 radical (unpaired) electrons. The van der Waals surface area contributed by atoms with Crippen molar-refractivity contribution in [2.24, 2.45) is 0 Å². The molecule has 3 aromatic carbocycles. The van der Waals surface area contributed by atoms with Crippen LogP contribution in [-0.2, 0) is 0 Å². The van der Waals surface area contributed by atoms with Gasteiger partial charge in [0.25, 0.3) is 0 Å². The van der Waals surface area contributed by atoms with Crippen LogP contribution in [0.1, 0.15) is 0 Å². The van der Waals surface area contributed by atoms with Crippen molar-refractivity contribution in [2.75, 3.05) is 4.90 Å². The second-order valence-corrected chi connectivity index (χ2v) is 10.5. The standard InChI is InChI=1S/C22H12ClNS3/c23-13-9-11-14(12-10-13)24-19-15-5-1-3-7-17(15)25-21(19)27-22-20(24)16-6-2-4-8-18(16)26-22/h1-12H. The number of anilines is 3. The zero-order valence-corrected chi connectivity index (χ0v) is 17.2. The van der Waals surface area contributed by atoms with Crippen LogP contribution in [0.5, 0.6) is 0 Å². The highest BCUT2D eigenvalue weighted by Gasteiger charge is 2.31. The summed E-state index contributed by atoms with van der Waals surface area (Å²) in [6.07, 6.45) is 0. The molecule has 5 heteroatoms. The molecule has 0 saturated carbocycles. The first-order chi connectivity index (χ1) is 13.3. The SMILES string of the molecule is Clc1ccc(N2c3c(sc4ccccc34)Sc3sc4ccccc4c32)cc1. The number of halogens is 1. The number of thiophene rings is 2. The van der Waals surface area contributed by atoms with Crippen molar-refractivity contribution in [3.63, 3.8) is 0 Å². The van der Waals surface area contributed by atoms with E-state index in [4.69, 9.17) is 11.6 Å². The Balaban J connectivity index is 1.72. The Morgan fingerprint density at radius 3 is 1.70 bits per heavy atom. The molecular formula is C22H12ClNS3. The van der Waals surface area contributed by atoms with Gasteiger partial charge in [-0.1, -0.05) is 59.8 Å². The number of hydrogen-bond acceptors (Lipinski definition) is 4. The van der Waals surface area contributed by atoms with Crippen molar-refractivity contribution in [2.45, 2.75) is 8.42 Å². The summed E-state index contributed by atoms with van der Waals surface area (Å²) in [6, 6.07) is 25.6. The maximum absolute atomic E-state index is 6.18. The minimum Gasteiger partial charge on any atom is -0.305 e. The molecule has 0 N–H and O–H groups in total. The third kappa shape index (κ3) is 2.38. The van der Waals surface area contributed by atoms with E-state index in [9.17, 15) is 0 Å². The molecule has 0 atom stereocenters. The predicted molar refractivity (Wildman–Crippen MR) is 121 cm³/mol. The maximum atomic E-state index is 6.18. The van der Waals surface area contributed by atoms with Gasteiger partial charge in [0.15, 0.2) is 0 Å². The highest BCUT2D eigenvalue weighted by molar-refractivity contribution is 8.03. The zero-order valence-electron chi connectivity index (χ0n) is 14.0. The average Bonchev–Trinajstić information content (AvgIpc) is 3.24. The molecule has 2 aromatic heterocycles. The van der Waals surface area contributed by atoms with Gasteiger partial charge in [-0.2, -0.15) is 0 Å². The van der Waals surface area contributed by atoms with Gasteiger partial charge < -0.3 is 4.90 Å². The smallest absolute Gasteiger partial charge is 0.0908 e. The molecule has 0 fully saturated rings. The predicted octanol–water partition coefficient (Wildman–Crippen LogP) is 8.70. The first-order valence-electron chi connectivity index (χ1n) is 8.56. The quantitative estimate of drug-likeness (QED) is 0.261. The molecule has 1 aliphatic heterocycles. The Labute approximate surface area is 173 Å². The van der Waals surface area contributed by atoms with Gasteiger partial charge in [-0.15, -0.1) is 22.7 Å². The number of rotatable bonds is 1. The van der Waals surface area contributed by atoms with Crippen LogP contribution in [0.4, 0.5) is 17.1 Å². The van der Waals surface area contributed by atoms with E-state index in [1.807, 2.05) is 46.6 Å². The van der Waals surface area contributed by atoms with Crippen molar-refractivity contribution in [3.8, 4) is 0 Å². The molecule has 1 nitrogen and oxygen atoms in total. The van der Waals surface area contributed by atoms with E-state index in [0.29, 0.717) is 0 Å². The molecule has 3 heterocycles. The minimum atomic E-state index is 0.760. The van der Waals surface area contributed by atoms with Gasteiger partial charge in [-0.3, -0.25) is 0 Å². The largest absolute Gasteiger partial charge is 0.305 e. The van der Waals surface area contributed by atoms with Crippen LogP contribution in [0.25, 0.3) is 20.2 Å². The molecule has 0 spiro atoms. The second-order valence-electron chi connectivity index (χ2n) is 6.38. The van der Waals surface area contributed by atoms with Crippen LogP contribution >= 0.6 is 46.0 Å². The zero-order chi connectivity index (χ0) is 18.0. The van der Waals surface area contributed by atoms with Crippen LogP contribution in [-0.4, -0.2) is 0 Å². The summed E-state index contributed by atoms with van der Waals surface area (Å²) < 4.78 is 5.36. The Bertz CT molecular complexity index is 1240. The molecular weight excluding hydrogens is 410 g/mol. The lowest BCUT2D eigenvalue weighted by atomic mass is 10.1. The lowest BCUT2D eigenvalue weighted by Gasteiger charge is -2.30. The number of benzene rings is 3. The van der Waals surface area contributed by atoms with E-state index in [-0.39, 0.29) is 0 Å². The Hall–Kier alpha value is -1.98. The summed E-state index contributed by atoms with van der Waals surface area (Å²) in [5.41, 5.74) is 3.73. The lowest BCUT2D eigenvalue weighted by molar-refractivity contribution is 1.25. The fourth-order valence-corrected chi connectivity index (χ4v) is 7.88. The van der Waals surface area contributed by atoms with E-state index in [0.717, 1.165) is 10.7 Å². The monoisotopic (exact) mass is 421 g/mol. The van der Waals surface area contributed by atoms with Gasteiger partial charge in [0.1, 0.15) is 0 Å². The van der Waals surface area contributed by atoms with E-state index >= 15 is 0 Å². The third-order valence-electron chi connectivity index (χ3n) is 4.79. The van der Waals surface area contributed by atoms with E-state index in [1.165, 1.54) is 40.0 Å². The van der Waals surface area contributed by atoms with Gasteiger partial charge in [0.2, 0.25) is 0 Å². The lowest BCUT2D eigenvalue weighted by Crippen LogP contribution is -2.12. The van der Waals surface area contributed by atoms with Crippen molar-refractivity contribution in [3.05, 3.63) is 77.8 Å². The van der Waals surface area contributed by atoms with Gasteiger partial charge in [-0.25, -0.2) is 0 Å². The minimum absolute atomic E-state index is 0.760. The summed E-state index contributed by atoms with van der Waals surface area (Å²) in [5, 5.41) is 3.37. The van der Waals surface area contributed by atoms with Crippen LogP contribution < -0.4 is 4.90 Å². The van der Waals surface area contributed by atoms with Crippen molar-refractivity contribution in [1.82, 2.24) is 0 Å². The van der Waals surface area contributed by atoms with Crippen LogP contribution in [0.2, 0.25) is 5.02 Å². The molecule has 130 valence electrons. The van der Waals surface area contributed by atoms with E-state index in [1.54, 1.807) is 0 Å². The maximum Gasteiger partial charge on any atom is 0.0908 e. The molecule has 6 rings (SSSR count). The molecule has 0 amide bonds. The highest BCUT2D eigenvalue weighted by atomic mass is 35.5. The van der Waals surface area contributed by atoms with E-state index in [2.05, 4.69) is 65.6 Å². The van der Waals surface area contributed by atoms with Gasteiger partial charge in [0.05, 0.1) is 19.8 Å². The summed E-state index contributed by atoms with van der Waals surface area (Å²) in [7, 11) is 0. The molecule has 0 bridgehead atoms. The second kappa shape index (κ2) is 6.01. The van der Waals surface area contributed by atoms with Crippen LogP contribution in [0.15, 0.2) is 81.2 Å². The summed E-state index contributed by atoms with van der Waals surface area (Å²) in [4.78, 5) is 2.43. The Kier molecular flexibility index (Phi) is 3.57. The average molecular weight is 422 g/mol. The fraction of sp³-hybridized carbons (Fsp3) is 0. The molecule has 0 saturated heterocycles. The first-order valence-corrected chi connectivity index (χ1v) is 11.4. The summed E-state index contributed by atoms with van der Waals surface area (Å²) in [6.45, 7) is 0. The number of hydrogen-bond donors (Lipinski definition) is 0. The molecule has 1 aliphatic rings. The number of fused-ring (bicyclic) bond motifs is 6. The molecule has 0 aliphatic carbocycles. The van der Waals surface area contributed by atoms with Crippen LogP contribution in [0, 0.1) is 0 Å². The van der Waals surface area contributed by atoms with E-state index < -0.39 is 0 Å². The molecule has 5 aromatic rings. The summed E-state index contributed by atoms with van der Waals surface area (Å²) >= 11 is 11.8. The highest BCUT2D eigenvalue weighted by Crippen LogP contribution is 2.61. The Morgan fingerprint density at radius 2 is 1.15 bits per heavy atom. The van der Waals surface area contributed by atoms with Gasteiger partial charge >= 0.3 is 0 Å². The fourth-order valence-electron chi connectivity index (χ4n) is 3.63. The number of nitrogens with zero attached hydrogens (tertiary/aromatic N) is 1. The normalized spacial score (nSPS) is 13.1. The Morgan fingerprint density at radius 1 is 0.630 bits per heavy atom.